The highest BCUT2D eigenvalue weighted by molar-refractivity contribution is 7.99. The minimum atomic E-state index is -0.360. The molecule has 6 heteroatoms. The Morgan fingerprint density at radius 1 is 1.03 bits per heavy atom. The first-order chi connectivity index (χ1) is 16.9. The van der Waals surface area contributed by atoms with Crippen molar-refractivity contribution in [3.63, 3.8) is 0 Å². The molecular weight excluding hydrogens is 459 g/mol. The minimum Gasteiger partial charge on any atom is -0.349 e. The van der Waals surface area contributed by atoms with Crippen LogP contribution in [0.4, 0.5) is 10.1 Å². The van der Waals surface area contributed by atoms with Crippen LogP contribution in [0.2, 0.25) is 0 Å². The molecule has 0 saturated heterocycles. The molecule has 3 aromatic rings. The van der Waals surface area contributed by atoms with Crippen molar-refractivity contribution in [1.82, 2.24) is 5.32 Å². The summed E-state index contributed by atoms with van der Waals surface area (Å²) in [6.07, 6.45) is 3.28. The van der Waals surface area contributed by atoms with Crippen LogP contribution in [0.15, 0.2) is 76.5 Å². The third-order valence-corrected chi connectivity index (χ3v) is 8.55. The number of nitrogens with zero attached hydrogens (tertiary/aromatic N) is 1. The average molecular weight is 489 g/mol. The molecule has 1 heterocycles. The summed E-state index contributed by atoms with van der Waals surface area (Å²) in [5, 5.41) is 3.23. The normalized spacial score (nSPS) is 21.6. The van der Waals surface area contributed by atoms with Gasteiger partial charge < -0.3 is 10.2 Å². The second-order valence-corrected chi connectivity index (χ2v) is 10.7. The summed E-state index contributed by atoms with van der Waals surface area (Å²) in [6, 6.07) is 19.6. The number of anilines is 1. The monoisotopic (exact) mass is 488 g/mol. The van der Waals surface area contributed by atoms with Gasteiger partial charge in [-0.2, -0.15) is 0 Å². The van der Waals surface area contributed by atoms with E-state index in [4.69, 9.17) is 0 Å². The van der Waals surface area contributed by atoms with E-state index >= 15 is 0 Å². The first-order valence-corrected chi connectivity index (χ1v) is 13.0. The van der Waals surface area contributed by atoms with E-state index in [1.807, 2.05) is 30.3 Å². The topological polar surface area (TPSA) is 49.4 Å². The van der Waals surface area contributed by atoms with Gasteiger partial charge >= 0.3 is 0 Å². The lowest BCUT2D eigenvalue weighted by atomic mass is 9.78. The van der Waals surface area contributed by atoms with Gasteiger partial charge in [-0.25, -0.2) is 4.39 Å². The van der Waals surface area contributed by atoms with E-state index in [9.17, 15) is 14.0 Å². The van der Waals surface area contributed by atoms with Gasteiger partial charge in [0.25, 0.3) is 11.8 Å². The van der Waals surface area contributed by atoms with Gasteiger partial charge in [0.2, 0.25) is 0 Å². The second-order valence-electron chi connectivity index (χ2n) is 9.61. The number of fused-ring (bicyclic) bond motifs is 2. The maximum atomic E-state index is 14.6. The Morgan fingerprint density at radius 2 is 1.80 bits per heavy atom. The number of amides is 2. The zero-order valence-corrected chi connectivity index (χ0v) is 20.8. The van der Waals surface area contributed by atoms with Crippen LogP contribution in [0, 0.1) is 17.7 Å². The highest BCUT2D eigenvalue weighted by Gasteiger charge is 2.31. The molecule has 180 valence electrons. The van der Waals surface area contributed by atoms with Gasteiger partial charge in [0, 0.05) is 27.0 Å². The molecule has 0 aromatic heterocycles. The molecule has 35 heavy (non-hydrogen) atoms. The lowest BCUT2D eigenvalue weighted by molar-refractivity contribution is 0.0889. The summed E-state index contributed by atoms with van der Waals surface area (Å²) in [7, 11) is 0. The molecule has 4 nitrogen and oxygen atoms in total. The minimum absolute atomic E-state index is 0.0790. The summed E-state index contributed by atoms with van der Waals surface area (Å²) in [4.78, 5) is 30.2. The predicted molar refractivity (Wildman–Crippen MR) is 137 cm³/mol. The first kappa shape index (κ1) is 23.6. The number of nitrogens with one attached hydrogen (secondary N) is 1. The number of hydrogen-bond donors (Lipinski definition) is 1. The zero-order chi connectivity index (χ0) is 24.5. The first-order valence-electron chi connectivity index (χ1n) is 12.2. The molecule has 0 unspecified atom stereocenters. The molecule has 1 aliphatic heterocycles. The second kappa shape index (κ2) is 9.86. The third kappa shape index (κ3) is 4.72. The summed E-state index contributed by atoms with van der Waals surface area (Å²) in [5.41, 5.74) is 2.13. The molecule has 3 atom stereocenters. The van der Waals surface area contributed by atoms with Gasteiger partial charge in [0.15, 0.2) is 0 Å². The molecular formula is C29H29FN2O2S. The van der Waals surface area contributed by atoms with Crippen molar-refractivity contribution in [3.05, 3.63) is 89.2 Å². The average Bonchev–Trinajstić information content (AvgIpc) is 2.97. The lowest BCUT2D eigenvalue weighted by Gasteiger charge is -2.34. The van der Waals surface area contributed by atoms with Gasteiger partial charge in [0.05, 0.1) is 17.8 Å². The molecule has 3 aromatic carbocycles. The fourth-order valence-corrected chi connectivity index (χ4v) is 6.11. The van der Waals surface area contributed by atoms with Crippen LogP contribution < -0.4 is 10.2 Å². The molecule has 1 saturated carbocycles. The van der Waals surface area contributed by atoms with Crippen LogP contribution >= 0.6 is 11.8 Å². The third-order valence-electron chi connectivity index (χ3n) is 7.40. The van der Waals surface area contributed by atoms with Crippen LogP contribution in [-0.2, 0) is 6.54 Å². The van der Waals surface area contributed by atoms with Crippen LogP contribution in [0.1, 0.15) is 59.4 Å². The Morgan fingerprint density at radius 3 is 2.63 bits per heavy atom. The van der Waals surface area contributed by atoms with Crippen LogP contribution in [0.3, 0.4) is 0 Å². The van der Waals surface area contributed by atoms with E-state index in [1.165, 1.54) is 24.2 Å². The van der Waals surface area contributed by atoms with Gasteiger partial charge in [-0.05, 0) is 54.7 Å². The Hall–Kier alpha value is -3.12. The van der Waals surface area contributed by atoms with E-state index in [1.54, 1.807) is 35.2 Å². The summed E-state index contributed by atoms with van der Waals surface area (Å²) in [5.74, 6) is 0.287. The highest BCUT2D eigenvalue weighted by Crippen LogP contribution is 2.42. The van der Waals surface area contributed by atoms with Gasteiger partial charge in [-0.15, -0.1) is 0 Å². The Labute approximate surface area is 209 Å². The number of carbonyl (C=O) groups excluding carboxylic acids is 2. The molecule has 2 amide bonds. The number of benzene rings is 3. The number of rotatable bonds is 4. The van der Waals surface area contributed by atoms with E-state index < -0.39 is 0 Å². The van der Waals surface area contributed by atoms with E-state index in [0.29, 0.717) is 34.2 Å². The Kier molecular flexibility index (Phi) is 6.65. The molecule has 1 aliphatic carbocycles. The molecule has 1 N–H and O–H groups in total. The summed E-state index contributed by atoms with van der Waals surface area (Å²) in [6.45, 7) is 4.52. The van der Waals surface area contributed by atoms with Gasteiger partial charge in [-0.3, -0.25) is 9.59 Å². The van der Waals surface area contributed by atoms with Crippen molar-refractivity contribution in [2.75, 3.05) is 4.90 Å². The maximum Gasteiger partial charge on any atom is 0.259 e. The SMILES string of the molecule is C[C@@H]1[C@H](C)CCC[C@@H]1NC(=O)c1ccc2c(c1)N(Cc1ccccc1F)C(=O)c1ccccc1S2. The van der Waals surface area contributed by atoms with Crippen molar-refractivity contribution in [2.24, 2.45) is 11.8 Å². The molecule has 0 radical (unpaired) electrons. The molecule has 5 rings (SSSR count). The standard InChI is InChI=1S/C29H29FN2O2S/c1-18-8-7-12-24(19(18)2)31-28(33)20-14-15-27-25(16-20)32(17-21-9-3-5-11-23(21)30)29(34)22-10-4-6-13-26(22)35-27/h3-6,9-11,13-16,18-19,24H,7-8,12,17H2,1-2H3,(H,31,33)/t18-,19-,24+/m1/s1. The quantitative estimate of drug-likeness (QED) is 0.445. The predicted octanol–water partition coefficient (Wildman–Crippen LogP) is 6.69. The van der Waals surface area contributed by atoms with E-state index in [2.05, 4.69) is 19.2 Å². The fraction of sp³-hybridized carbons (Fsp3) is 0.310. The Balaban J connectivity index is 1.52. The highest BCUT2D eigenvalue weighted by atomic mass is 32.2. The smallest absolute Gasteiger partial charge is 0.259 e. The zero-order valence-electron chi connectivity index (χ0n) is 20.0. The van der Waals surface area contributed by atoms with Crippen molar-refractivity contribution in [1.29, 1.82) is 0 Å². The largest absolute Gasteiger partial charge is 0.349 e. The van der Waals surface area contributed by atoms with Crippen molar-refractivity contribution in [3.8, 4) is 0 Å². The maximum absolute atomic E-state index is 14.6. The number of hydrogen-bond acceptors (Lipinski definition) is 3. The van der Waals surface area contributed by atoms with Gasteiger partial charge in [-0.1, -0.05) is 68.8 Å². The van der Waals surface area contributed by atoms with Crippen LogP contribution in [0.25, 0.3) is 0 Å². The van der Waals surface area contributed by atoms with E-state index in [0.717, 1.165) is 22.6 Å². The lowest BCUT2D eigenvalue weighted by Crippen LogP contribution is -2.43. The van der Waals surface area contributed by atoms with Crippen molar-refractivity contribution < 1.29 is 14.0 Å². The fourth-order valence-electron chi connectivity index (χ4n) is 5.05. The van der Waals surface area contributed by atoms with E-state index in [-0.39, 0.29) is 30.2 Å². The van der Waals surface area contributed by atoms with Crippen LogP contribution in [-0.4, -0.2) is 17.9 Å². The summed E-state index contributed by atoms with van der Waals surface area (Å²) < 4.78 is 14.6. The number of halogens is 1. The van der Waals surface area contributed by atoms with Crippen LogP contribution in [0.5, 0.6) is 0 Å². The number of carbonyl (C=O) groups is 2. The van der Waals surface area contributed by atoms with Gasteiger partial charge in [0.1, 0.15) is 5.82 Å². The Bertz CT molecular complexity index is 1280. The van der Waals surface area contributed by atoms with Crippen molar-refractivity contribution >= 4 is 29.3 Å². The molecule has 2 aliphatic rings. The summed E-state index contributed by atoms with van der Waals surface area (Å²) >= 11 is 1.49. The molecule has 0 spiro atoms. The molecule has 0 bridgehead atoms. The molecule has 1 fully saturated rings. The van der Waals surface area contributed by atoms with Crippen molar-refractivity contribution in [2.45, 2.75) is 55.5 Å².